The summed E-state index contributed by atoms with van der Waals surface area (Å²) in [4.78, 5) is 12.9. The second-order valence-corrected chi connectivity index (χ2v) is 4.99. The third-order valence-corrected chi connectivity index (χ3v) is 3.41. The maximum atomic E-state index is 4.46. The number of aromatic nitrogens is 3. The molecular weight excluding hydrogens is 256 g/mol. The molecule has 19 heavy (non-hydrogen) atoms. The highest BCUT2D eigenvalue weighted by atomic mass is 32.1. The summed E-state index contributed by atoms with van der Waals surface area (Å²) < 4.78 is 0. The molecule has 0 fully saturated rings. The number of rotatable bonds is 3. The van der Waals surface area contributed by atoms with Crippen molar-refractivity contribution in [3.8, 4) is 10.7 Å². The molecule has 2 heterocycles. The molecular formula is C14H12N4S. The number of aryl methyl sites for hydroxylation is 1. The first kappa shape index (κ1) is 11.8. The van der Waals surface area contributed by atoms with E-state index in [2.05, 4.69) is 27.2 Å². The standard InChI is InChI=1S/C14H12N4S/c1-10-2-4-11(5-3-10)17-14-16-7-6-12(18-14)13-15-8-9-19-13/h2-9H,1H3,(H,16,17,18). The summed E-state index contributed by atoms with van der Waals surface area (Å²) in [7, 11) is 0. The zero-order valence-corrected chi connectivity index (χ0v) is 11.2. The molecule has 0 radical (unpaired) electrons. The molecule has 0 aliphatic carbocycles. The fourth-order valence-corrected chi connectivity index (χ4v) is 2.26. The van der Waals surface area contributed by atoms with Gasteiger partial charge in [0.2, 0.25) is 5.95 Å². The van der Waals surface area contributed by atoms with Gasteiger partial charge in [0.15, 0.2) is 0 Å². The van der Waals surface area contributed by atoms with E-state index in [1.54, 1.807) is 23.7 Å². The summed E-state index contributed by atoms with van der Waals surface area (Å²) in [5.41, 5.74) is 3.03. The van der Waals surface area contributed by atoms with Gasteiger partial charge in [0, 0.05) is 23.5 Å². The first-order chi connectivity index (χ1) is 9.31. The van der Waals surface area contributed by atoms with E-state index >= 15 is 0 Å². The third kappa shape index (κ3) is 2.77. The quantitative estimate of drug-likeness (QED) is 0.787. The molecule has 5 heteroatoms. The first-order valence-corrected chi connectivity index (χ1v) is 6.76. The van der Waals surface area contributed by atoms with Gasteiger partial charge in [-0.25, -0.2) is 15.0 Å². The van der Waals surface area contributed by atoms with Crippen LogP contribution in [0.2, 0.25) is 0 Å². The highest BCUT2D eigenvalue weighted by Crippen LogP contribution is 2.21. The molecule has 0 bridgehead atoms. The second-order valence-electron chi connectivity index (χ2n) is 4.09. The molecule has 0 saturated heterocycles. The topological polar surface area (TPSA) is 50.7 Å². The van der Waals surface area contributed by atoms with Crippen molar-refractivity contribution in [3.05, 3.63) is 53.7 Å². The van der Waals surface area contributed by atoms with E-state index in [-0.39, 0.29) is 0 Å². The maximum absolute atomic E-state index is 4.46. The largest absolute Gasteiger partial charge is 0.324 e. The molecule has 0 aliphatic rings. The van der Waals surface area contributed by atoms with E-state index in [9.17, 15) is 0 Å². The van der Waals surface area contributed by atoms with Crippen molar-refractivity contribution >= 4 is 23.0 Å². The minimum Gasteiger partial charge on any atom is -0.324 e. The van der Waals surface area contributed by atoms with Crippen molar-refractivity contribution < 1.29 is 0 Å². The van der Waals surface area contributed by atoms with Gasteiger partial charge < -0.3 is 5.32 Å². The molecule has 2 aromatic heterocycles. The average molecular weight is 268 g/mol. The van der Waals surface area contributed by atoms with E-state index < -0.39 is 0 Å². The lowest BCUT2D eigenvalue weighted by atomic mass is 10.2. The zero-order chi connectivity index (χ0) is 13.1. The van der Waals surface area contributed by atoms with Crippen LogP contribution in [-0.4, -0.2) is 15.0 Å². The molecule has 0 unspecified atom stereocenters. The monoisotopic (exact) mass is 268 g/mol. The smallest absolute Gasteiger partial charge is 0.227 e. The van der Waals surface area contributed by atoms with E-state index in [4.69, 9.17) is 0 Å². The van der Waals surface area contributed by atoms with Gasteiger partial charge in [0.25, 0.3) is 0 Å². The van der Waals surface area contributed by atoms with Crippen LogP contribution in [0.15, 0.2) is 48.1 Å². The van der Waals surface area contributed by atoms with Crippen LogP contribution in [0.5, 0.6) is 0 Å². The van der Waals surface area contributed by atoms with Crippen molar-refractivity contribution in [1.29, 1.82) is 0 Å². The molecule has 0 aliphatic heterocycles. The summed E-state index contributed by atoms with van der Waals surface area (Å²) in [5, 5.41) is 6.02. The summed E-state index contributed by atoms with van der Waals surface area (Å²) in [6.45, 7) is 2.06. The van der Waals surface area contributed by atoms with Crippen LogP contribution in [-0.2, 0) is 0 Å². The zero-order valence-electron chi connectivity index (χ0n) is 10.4. The minimum atomic E-state index is 0.580. The average Bonchev–Trinajstić information content (AvgIpc) is 2.96. The Balaban J connectivity index is 1.85. The number of thiazole rings is 1. The predicted octanol–water partition coefficient (Wildman–Crippen LogP) is 3.65. The van der Waals surface area contributed by atoms with Crippen molar-refractivity contribution in [1.82, 2.24) is 15.0 Å². The molecule has 4 nitrogen and oxygen atoms in total. The van der Waals surface area contributed by atoms with Crippen molar-refractivity contribution in [2.45, 2.75) is 6.92 Å². The van der Waals surface area contributed by atoms with Crippen LogP contribution in [0, 0.1) is 6.92 Å². The van der Waals surface area contributed by atoms with Gasteiger partial charge in [0.05, 0.1) is 0 Å². The number of nitrogens with one attached hydrogen (secondary N) is 1. The third-order valence-electron chi connectivity index (χ3n) is 2.61. The maximum Gasteiger partial charge on any atom is 0.227 e. The Morgan fingerprint density at radius 1 is 1.00 bits per heavy atom. The molecule has 3 aromatic rings. The summed E-state index contributed by atoms with van der Waals surface area (Å²) in [6, 6.07) is 9.97. The van der Waals surface area contributed by atoms with Crippen molar-refractivity contribution in [2.75, 3.05) is 5.32 Å². The van der Waals surface area contributed by atoms with Gasteiger partial charge in [-0.3, -0.25) is 0 Å². The Labute approximate surface area is 115 Å². The Morgan fingerprint density at radius 2 is 1.84 bits per heavy atom. The van der Waals surface area contributed by atoms with Gasteiger partial charge in [-0.1, -0.05) is 17.7 Å². The van der Waals surface area contributed by atoms with Crippen LogP contribution in [0.1, 0.15) is 5.56 Å². The lowest BCUT2D eigenvalue weighted by molar-refractivity contribution is 1.16. The van der Waals surface area contributed by atoms with Crippen LogP contribution >= 0.6 is 11.3 Å². The molecule has 1 aromatic carbocycles. The normalized spacial score (nSPS) is 10.4. The Kier molecular flexibility index (Phi) is 3.20. The lowest BCUT2D eigenvalue weighted by Gasteiger charge is -2.05. The molecule has 3 rings (SSSR count). The molecule has 0 saturated carbocycles. The van der Waals surface area contributed by atoms with Crippen molar-refractivity contribution in [3.63, 3.8) is 0 Å². The summed E-state index contributed by atoms with van der Waals surface area (Å²) >= 11 is 1.56. The molecule has 1 N–H and O–H groups in total. The van der Waals surface area contributed by atoms with Gasteiger partial charge in [-0.05, 0) is 25.1 Å². The summed E-state index contributed by atoms with van der Waals surface area (Å²) in [5.74, 6) is 0.580. The highest BCUT2D eigenvalue weighted by Gasteiger charge is 2.04. The SMILES string of the molecule is Cc1ccc(Nc2nccc(-c3nccs3)n2)cc1. The van der Waals surface area contributed by atoms with E-state index in [1.807, 2.05) is 35.7 Å². The van der Waals surface area contributed by atoms with Crippen molar-refractivity contribution in [2.24, 2.45) is 0 Å². The number of hydrogen-bond acceptors (Lipinski definition) is 5. The first-order valence-electron chi connectivity index (χ1n) is 5.88. The van der Waals surface area contributed by atoms with Crippen LogP contribution in [0.25, 0.3) is 10.7 Å². The molecule has 0 atom stereocenters. The van der Waals surface area contributed by atoms with E-state index in [0.29, 0.717) is 5.95 Å². The Bertz CT molecular complexity index is 662. The highest BCUT2D eigenvalue weighted by molar-refractivity contribution is 7.13. The molecule has 94 valence electrons. The molecule has 0 amide bonds. The molecule has 0 spiro atoms. The van der Waals surface area contributed by atoms with Crippen LogP contribution < -0.4 is 5.32 Å². The Hall–Kier alpha value is -2.27. The predicted molar refractivity (Wildman–Crippen MR) is 77.6 cm³/mol. The number of hydrogen-bond donors (Lipinski definition) is 1. The van der Waals surface area contributed by atoms with E-state index in [1.165, 1.54) is 5.56 Å². The minimum absolute atomic E-state index is 0.580. The fraction of sp³-hybridized carbons (Fsp3) is 0.0714. The number of nitrogens with zero attached hydrogens (tertiary/aromatic N) is 3. The number of benzene rings is 1. The van der Waals surface area contributed by atoms with Crippen LogP contribution in [0.4, 0.5) is 11.6 Å². The van der Waals surface area contributed by atoms with Gasteiger partial charge >= 0.3 is 0 Å². The summed E-state index contributed by atoms with van der Waals surface area (Å²) in [6.07, 6.45) is 3.51. The number of anilines is 2. The van der Waals surface area contributed by atoms with E-state index in [0.717, 1.165) is 16.4 Å². The Morgan fingerprint density at radius 3 is 2.58 bits per heavy atom. The van der Waals surface area contributed by atoms with Gasteiger partial charge in [0.1, 0.15) is 10.7 Å². The van der Waals surface area contributed by atoms with Gasteiger partial charge in [-0.2, -0.15) is 0 Å². The van der Waals surface area contributed by atoms with Crippen LogP contribution in [0.3, 0.4) is 0 Å². The van der Waals surface area contributed by atoms with Gasteiger partial charge in [-0.15, -0.1) is 11.3 Å². The fourth-order valence-electron chi connectivity index (χ4n) is 1.65. The second kappa shape index (κ2) is 5.16. The lowest BCUT2D eigenvalue weighted by Crippen LogP contribution is -1.97.